The van der Waals surface area contributed by atoms with E-state index in [1.807, 2.05) is 0 Å². The molecule has 2 aromatic rings. The van der Waals surface area contributed by atoms with Gasteiger partial charge in [-0.25, -0.2) is 0 Å². The van der Waals surface area contributed by atoms with E-state index in [2.05, 4.69) is 78.8 Å². The van der Waals surface area contributed by atoms with Crippen LogP contribution in [0.4, 0.5) is 0 Å². The van der Waals surface area contributed by atoms with Gasteiger partial charge >= 0.3 is 18.9 Å². The standard InChI is InChI=1S/C21H27OP.Li.H/c1-13-9-8-10-14(2)19(13)23-20(22)18-15(3)11-17(12-16(18)4)21(5,6)7;;/h8-12,23H,1-7H3;;. The summed E-state index contributed by atoms with van der Waals surface area (Å²) < 4.78 is 0. The molecule has 3 heteroatoms. The van der Waals surface area contributed by atoms with Crippen molar-refractivity contribution in [2.75, 3.05) is 0 Å². The first kappa shape index (κ1) is 21.2. The van der Waals surface area contributed by atoms with Crippen LogP contribution >= 0.6 is 8.58 Å². The van der Waals surface area contributed by atoms with Gasteiger partial charge in [0.15, 0.2) is 5.52 Å². The third-order valence-corrected chi connectivity index (χ3v) is 5.86. The van der Waals surface area contributed by atoms with Crippen LogP contribution in [0.3, 0.4) is 0 Å². The summed E-state index contributed by atoms with van der Waals surface area (Å²) in [5.41, 5.74) is 7.15. The van der Waals surface area contributed by atoms with Crippen molar-refractivity contribution in [1.29, 1.82) is 0 Å². The molecular formula is C21H28LiOP. The molecule has 24 heavy (non-hydrogen) atoms. The fraction of sp³-hybridized carbons (Fsp3) is 0.381. The molecule has 0 radical (unpaired) electrons. The summed E-state index contributed by atoms with van der Waals surface area (Å²) in [6.07, 6.45) is 0. The second kappa shape index (κ2) is 8.01. The molecule has 1 unspecified atom stereocenters. The number of rotatable bonds is 3. The summed E-state index contributed by atoms with van der Waals surface area (Å²) in [6.45, 7) is 14.9. The van der Waals surface area contributed by atoms with Crippen LogP contribution in [0.5, 0.6) is 0 Å². The number of aryl methyl sites for hydroxylation is 4. The van der Waals surface area contributed by atoms with Gasteiger partial charge in [0.1, 0.15) is 0 Å². The van der Waals surface area contributed by atoms with Gasteiger partial charge in [-0.1, -0.05) is 51.1 Å². The molecule has 0 heterocycles. The van der Waals surface area contributed by atoms with Crippen LogP contribution in [0, 0.1) is 27.7 Å². The van der Waals surface area contributed by atoms with Gasteiger partial charge in [-0.05, 0) is 74.8 Å². The molecule has 2 rings (SSSR count). The topological polar surface area (TPSA) is 17.1 Å². The van der Waals surface area contributed by atoms with Crippen LogP contribution < -0.4 is 5.30 Å². The number of carbonyl (C=O) groups is 1. The molecule has 0 fully saturated rings. The zero-order valence-electron chi connectivity index (χ0n) is 15.3. The van der Waals surface area contributed by atoms with E-state index < -0.39 is 0 Å². The molecule has 0 amide bonds. The zero-order chi connectivity index (χ0) is 17.4. The molecule has 0 saturated heterocycles. The molecule has 0 aliphatic rings. The minimum absolute atomic E-state index is 0. The van der Waals surface area contributed by atoms with E-state index in [0.29, 0.717) is 0 Å². The van der Waals surface area contributed by atoms with E-state index in [9.17, 15) is 4.79 Å². The van der Waals surface area contributed by atoms with E-state index in [-0.39, 0.29) is 38.4 Å². The third kappa shape index (κ3) is 4.61. The van der Waals surface area contributed by atoms with Crippen LogP contribution in [0.25, 0.3) is 0 Å². The molecule has 2 aromatic carbocycles. The SMILES string of the molecule is Cc1cccc(C)c1PC(=O)c1c(C)cc(C(C)(C)C)cc1C.[LiH]. The average Bonchev–Trinajstić information content (AvgIpc) is 2.41. The summed E-state index contributed by atoms with van der Waals surface area (Å²) in [5, 5.41) is 1.19. The van der Waals surface area contributed by atoms with Crippen molar-refractivity contribution in [3.8, 4) is 0 Å². The maximum absolute atomic E-state index is 12.9. The summed E-state index contributed by atoms with van der Waals surface area (Å²) in [4.78, 5) is 12.9. The van der Waals surface area contributed by atoms with Gasteiger partial charge in [0.25, 0.3) is 0 Å². The van der Waals surface area contributed by atoms with Crippen molar-refractivity contribution in [3.63, 3.8) is 0 Å². The quantitative estimate of drug-likeness (QED) is 0.587. The Morgan fingerprint density at radius 3 is 1.75 bits per heavy atom. The molecule has 0 bridgehead atoms. The first-order valence-electron chi connectivity index (χ1n) is 8.10. The zero-order valence-corrected chi connectivity index (χ0v) is 16.3. The Kier molecular flexibility index (Phi) is 7.07. The first-order valence-corrected chi connectivity index (χ1v) is 9.10. The minimum atomic E-state index is 0. The monoisotopic (exact) mass is 334 g/mol. The fourth-order valence-corrected chi connectivity index (χ4v) is 4.25. The van der Waals surface area contributed by atoms with E-state index in [4.69, 9.17) is 0 Å². The molecule has 0 aliphatic carbocycles. The Labute approximate surface area is 160 Å². The Morgan fingerprint density at radius 1 is 0.875 bits per heavy atom. The van der Waals surface area contributed by atoms with Gasteiger partial charge in [0, 0.05) is 5.56 Å². The van der Waals surface area contributed by atoms with E-state index >= 15 is 0 Å². The molecule has 0 aliphatic heterocycles. The van der Waals surface area contributed by atoms with Crippen molar-refractivity contribution in [2.45, 2.75) is 53.9 Å². The van der Waals surface area contributed by atoms with E-state index in [0.717, 1.165) is 16.7 Å². The number of hydrogen-bond donors (Lipinski definition) is 0. The molecule has 0 saturated carbocycles. The van der Waals surface area contributed by atoms with Crippen molar-refractivity contribution in [3.05, 3.63) is 63.7 Å². The van der Waals surface area contributed by atoms with Crippen LogP contribution in [0.1, 0.15) is 58.9 Å². The van der Waals surface area contributed by atoms with Crippen LogP contribution in [-0.2, 0) is 5.41 Å². The number of hydrogen-bond acceptors (Lipinski definition) is 1. The Bertz CT molecular complexity index is 714. The summed E-state index contributed by atoms with van der Waals surface area (Å²) in [7, 11) is 0.191. The van der Waals surface area contributed by atoms with E-state index in [1.165, 1.54) is 22.0 Å². The van der Waals surface area contributed by atoms with Gasteiger partial charge in [0.2, 0.25) is 0 Å². The third-order valence-electron chi connectivity index (χ3n) is 4.35. The Hall–Kier alpha value is -0.863. The second-order valence-corrected chi connectivity index (χ2v) is 8.66. The predicted molar refractivity (Wildman–Crippen MR) is 110 cm³/mol. The summed E-state index contributed by atoms with van der Waals surface area (Å²) >= 11 is 0. The fourth-order valence-electron chi connectivity index (χ4n) is 2.94. The van der Waals surface area contributed by atoms with Gasteiger partial charge < -0.3 is 0 Å². The number of benzene rings is 2. The summed E-state index contributed by atoms with van der Waals surface area (Å²) in [5.74, 6) is 0. The average molecular weight is 334 g/mol. The molecule has 0 spiro atoms. The molecule has 124 valence electrons. The molecule has 0 N–H and O–H groups in total. The Morgan fingerprint density at radius 2 is 1.33 bits per heavy atom. The summed E-state index contributed by atoms with van der Waals surface area (Å²) in [6, 6.07) is 10.6. The van der Waals surface area contributed by atoms with Gasteiger partial charge in [0.05, 0.1) is 0 Å². The molecule has 1 nitrogen and oxygen atoms in total. The maximum atomic E-state index is 12.9. The van der Waals surface area contributed by atoms with Gasteiger partial charge in [-0.15, -0.1) is 0 Å². The van der Waals surface area contributed by atoms with Crippen molar-refractivity contribution in [2.24, 2.45) is 0 Å². The van der Waals surface area contributed by atoms with Crippen molar-refractivity contribution < 1.29 is 4.79 Å². The predicted octanol–water partition coefficient (Wildman–Crippen LogP) is 4.71. The van der Waals surface area contributed by atoms with E-state index in [1.54, 1.807) is 0 Å². The van der Waals surface area contributed by atoms with Crippen LogP contribution in [0.2, 0.25) is 0 Å². The number of carbonyl (C=O) groups excluding carboxylic acids is 1. The first-order chi connectivity index (χ1) is 10.6. The molecule has 1 atom stereocenters. The normalized spacial score (nSPS) is 11.6. The second-order valence-electron chi connectivity index (χ2n) is 7.46. The molecular weight excluding hydrogens is 306 g/mol. The van der Waals surface area contributed by atoms with Crippen LogP contribution in [-0.4, -0.2) is 24.4 Å². The van der Waals surface area contributed by atoms with Crippen molar-refractivity contribution >= 4 is 38.3 Å². The Balaban J connectivity index is 0.00000288. The van der Waals surface area contributed by atoms with Crippen molar-refractivity contribution in [1.82, 2.24) is 0 Å². The van der Waals surface area contributed by atoms with Gasteiger partial charge in [-0.3, -0.25) is 4.79 Å². The van der Waals surface area contributed by atoms with Gasteiger partial charge in [-0.2, -0.15) is 0 Å². The van der Waals surface area contributed by atoms with Crippen LogP contribution in [0.15, 0.2) is 30.3 Å². The molecule has 0 aromatic heterocycles.